The number of rotatable bonds is 5. The van der Waals surface area contributed by atoms with Crippen LogP contribution in [-0.4, -0.2) is 40.7 Å². The Balaban J connectivity index is 2.13. The van der Waals surface area contributed by atoms with E-state index in [9.17, 15) is 14.7 Å². The number of thioether (sulfide) groups is 1. The second-order valence-electron chi connectivity index (χ2n) is 5.35. The van der Waals surface area contributed by atoms with Crippen molar-refractivity contribution in [3.63, 3.8) is 0 Å². The van der Waals surface area contributed by atoms with Gasteiger partial charge in [-0.3, -0.25) is 4.79 Å². The summed E-state index contributed by atoms with van der Waals surface area (Å²) in [6.45, 7) is 2.54. The summed E-state index contributed by atoms with van der Waals surface area (Å²) in [6, 6.07) is 2.67. The van der Waals surface area contributed by atoms with Crippen LogP contribution in [0.25, 0.3) is 0 Å². The van der Waals surface area contributed by atoms with Crippen LogP contribution in [-0.2, 0) is 10.5 Å². The third kappa shape index (κ3) is 3.61. The summed E-state index contributed by atoms with van der Waals surface area (Å²) in [5.74, 6) is 0.801. The van der Waals surface area contributed by atoms with E-state index < -0.39 is 12.0 Å². The molecule has 1 aromatic heterocycles. The second kappa shape index (κ2) is 7.02. The predicted octanol–water partition coefficient (Wildman–Crippen LogP) is 2.86. The van der Waals surface area contributed by atoms with E-state index in [1.54, 1.807) is 23.9 Å². The maximum atomic E-state index is 12.5. The molecule has 1 aliphatic rings. The molecule has 116 valence electrons. The average Bonchev–Trinajstić information content (AvgIpc) is 2.94. The second-order valence-corrected chi connectivity index (χ2v) is 6.22. The Bertz CT molecular complexity index is 514. The van der Waals surface area contributed by atoms with Gasteiger partial charge in [-0.2, -0.15) is 11.8 Å². The van der Waals surface area contributed by atoms with Crippen LogP contribution in [0.2, 0.25) is 0 Å². The zero-order chi connectivity index (χ0) is 15.4. The molecule has 5 nitrogen and oxygen atoms in total. The molecule has 0 aliphatic carbocycles. The summed E-state index contributed by atoms with van der Waals surface area (Å²) < 4.78 is 5.52. The first-order valence-corrected chi connectivity index (χ1v) is 8.57. The van der Waals surface area contributed by atoms with Crippen molar-refractivity contribution in [2.24, 2.45) is 5.92 Å². The number of likely N-dealkylation sites (tertiary alicyclic amines) is 1. The van der Waals surface area contributed by atoms with Gasteiger partial charge in [0, 0.05) is 6.54 Å². The maximum absolute atomic E-state index is 12.5. The summed E-state index contributed by atoms with van der Waals surface area (Å²) in [6.07, 6.45) is 4.28. The minimum Gasteiger partial charge on any atom is -0.480 e. The van der Waals surface area contributed by atoms with Gasteiger partial charge in [-0.1, -0.05) is 13.3 Å². The van der Waals surface area contributed by atoms with Crippen LogP contribution in [0.4, 0.5) is 0 Å². The molecule has 2 rings (SSSR count). The zero-order valence-corrected chi connectivity index (χ0v) is 13.2. The molecule has 1 aromatic rings. The van der Waals surface area contributed by atoms with Gasteiger partial charge in [0.1, 0.15) is 11.8 Å². The number of hydrogen-bond donors (Lipinski definition) is 1. The van der Waals surface area contributed by atoms with Crippen LogP contribution in [0.3, 0.4) is 0 Å². The van der Waals surface area contributed by atoms with E-state index in [0.717, 1.165) is 18.6 Å². The van der Waals surface area contributed by atoms with E-state index in [0.29, 0.717) is 24.6 Å². The third-order valence-corrected chi connectivity index (χ3v) is 4.57. The number of aliphatic carboxylic acids is 1. The van der Waals surface area contributed by atoms with Crippen LogP contribution in [0.15, 0.2) is 16.5 Å². The minimum absolute atomic E-state index is 0.236. The molecule has 0 spiro atoms. The van der Waals surface area contributed by atoms with E-state index in [-0.39, 0.29) is 11.7 Å². The number of carboxylic acids is 1. The van der Waals surface area contributed by atoms with Gasteiger partial charge in [0.2, 0.25) is 0 Å². The highest BCUT2D eigenvalue weighted by Gasteiger charge is 2.36. The summed E-state index contributed by atoms with van der Waals surface area (Å²) in [5, 5.41) is 9.38. The molecule has 1 aliphatic heterocycles. The van der Waals surface area contributed by atoms with E-state index in [1.807, 2.05) is 6.26 Å². The van der Waals surface area contributed by atoms with E-state index in [1.165, 1.54) is 4.90 Å². The third-order valence-electron chi connectivity index (χ3n) is 3.99. The SMILES string of the molecule is CCC1CCN(C(=O)c2ccc(CSC)o2)C(C(=O)O)C1. The number of hydrogen-bond acceptors (Lipinski definition) is 4. The Morgan fingerprint density at radius 1 is 1.48 bits per heavy atom. The van der Waals surface area contributed by atoms with Gasteiger partial charge >= 0.3 is 5.97 Å². The Morgan fingerprint density at radius 2 is 2.24 bits per heavy atom. The van der Waals surface area contributed by atoms with Crippen molar-refractivity contribution in [2.75, 3.05) is 12.8 Å². The molecule has 6 heteroatoms. The average molecular weight is 311 g/mol. The smallest absolute Gasteiger partial charge is 0.326 e. The predicted molar refractivity (Wildman–Crippen MR) is 81.4 cm³/mol. The Labute approximate surface area is 128 Å². The molecule has 2 heterocycles. The number of carbonyl (C=O) groups excluding carboxylic acids is 1. The Hall–Kier alpha value is -1.43. The number of piperidine rings is 1. The van der Waals surface area contributed by atoms with Gasteiger partial charge in [0.05, 0.1) is 5.75 Å². The maximum Gasteiger partial charge on any atom is 0.326 e. The quantitative estimate of drug-likeness (QED) is 0.905. The van der Waals surface area contributed by atoms with E-state index >= 15 is 0 Å². The minimum atomic E-state index is -0.933. The first-order chi connectivity index (χ1) is 10.1. The molecule has 2 atom stereocenters. The van der Waals surface area contributed by atoms with Crippen molar-refractivity contribution in [3.8, 4) is 0 Å². The van der Waals surface area contributed by atoms with Crippen molar-refractivity contribution in [3.05, 3.63) is 23.7 Å². The van der Waals surface area contributed by atoms with Gasteiger partial charge in [-0.25, -0.2) is 4.79 Å². The van der Waals surface area contributed by atoms with Gasteiger partial charge in [-0.05, 0) is 37.1 Å². The van der Waals surface area contributed by atoms with Gasteiger partial charge in [-0.15, -0.1) is 0 Å². The lowest BCUT2D eigenvalue weighted by Gasteiger charge is -2.36. The topological polar surface area (TPSA) is 70.8 Å². The molecule has 0 saturated carbocycles. The molecule has 0 radical (unpaired) electrons. The van der Waals surface area contributed by atoms with Crippen LogP contribution in [0.1, 0.15) is 42.5 Å². The standard InChI is InChI=1S/C15H21NO4S/c1-3-10-6-7-16(12(8-10)15(18)19)14(17)13-5-4-11(20-13)9-21-2/h4-5,10,12H,3,6-9H2,1-2H3,(H,18,19). The highest BCUT2D eigenvalue weighted by atomic mass is 32.2. The highest BCUT2D eigenvalue weighted by Crippen LogP contribution is 2.27. The number of carboxylic acid groups (broad SMARTS) is 1. The molecule has 0 aromatic carbocycles. The Morgan fingerprint density at radius 3 is 2.86 bits per heavy atom. The molecular formula is C15H21NO4S. The fourth-order valence-corrected chi connectivity index (χ4v) is 3.18. The lowest BCUT2D eigenvalue weighted by molar-refractivity contribution is -0.144. The largest absolute Gasteiger partial charge is 0.480 e. The van der Waals surface area contributed by atoms with Gasteiger partial charge in [0.25, 0.3) is 5.91 Å². The zero-order valence-electron chi connectivity index (χ0n) is 12.4. The molecule has 1 fully saturated rings. The molecule has 0 bridgehead atoms. The van der Waals surface area contributed by atoms with Crippen molar-refractivity contribution in [1.29, 1.82) is 0 Å². The molecule has 1 saturated heterocycles. The van der Waals surface area contributed by atoms with Crippen LogP contribution >= 0.6 is 11.8 Å². The molecule has 2 unspecified atom stereocenters. The van der Waals surface area contributed by atoms with Crippen LogP contribution in [0, 0.1) is 5.92 Å². The highest BCUT2D eigenvalue weighted by molar-refractivity contribution is 7.97. The summed E-state index contributed by atoms with van der Waals surface area (Å²) in [5.41, 5.74) is 0. The van der Waals surface area contributed by atoms with Crippen molar-refractivity contribution in [2.45, 2.75) is 38.0 Å². The number of furan rings is 1. The fraction of sp³-hybridized carbons (Fsp3) is 0.600. The first kappa shape index (κ1) is 15.9. The molecule has 1 amide bonds. The van der Waals surface area contributed by atoms with Gasteiger partial charge in [0.15, 0.2) is 5.76 Å². The Kier molecular flexibility index (Phi) is 5.33. The first-order valence-electron chi connectivity index (χ1n) is 7.18. The number of carbonyl (C=O) groups is 2. The number of amides is 1. The number of nitrogens with zero attached hydrogens (tertiary/aromatic N) is 1. The fourth-order valence-electron chi connectivity index (χ4n) is 2.74. The lowest BCUT2D eigenvalue weighted by atomic mass is 9.88. The lowest BCUT2D eigenvalue weighted by Crippen LogP contribution is -2.50. The summed E-state index contributed by atoms with van der Waals surface area (Å²) >= 11 is 1.61. The molecule has 21 heavy (non-hydrogen) atoms. The van der Waals surface area contributed by atoms with E-state index in [4.69, 9.17) is 4.42 Å². The van der Waals surface area contributed by atoms with Crippen LogP contribution < -0.4 is 0 Å². The normalized spacial score (nSPS) is 22.3. The molecule has 1 N–H and O–H groups in total. The van der Waals surface area contributed by atoms with Crippen molar-refractivity contribution < 1.29 is 19.1 Å². The summed E-state index contributed by atoms with van der Waals surface area (Å²) in [4.78, 5) is 25.4. The monoisotopic (exact) mass is 311 g/mol. The van der Waals surface area contributed by atoms with Crippen LogP contribution in [0.5, 0.6) is 0 Å². The van der Waals surface area contributed by atoms with Crippen molar-refractivity contribution in [1.82, 2.24) is 4.90 Å². The molecular weight excluding hydrogens is 290 g/mol. The van der Waals surface area contributed by atoms with E-state index in [2.05, 4.69) is 6.92 Å². The summed E-state index contributed by atoms with van der Waals surface area (Å²) in [7, 11) is 0. The van der Waals surface area contributed by atoms with Gasteiger partial charge < -0.3 is 14.4 Å². The van der Waals surface area contributed by atoms with Crippen molar-refractivity contribution >= 4 is 23.6 Å².